The first-order chi connectivity index (χ1) is 9.77. The molecule has 10 heteroatoms. The second-order valence-corrected chi connectivity index (χ2v) is 5.53. The molecule has 2 rings (SSSR count). The number of nitrogens with two attached hydrogens (primary N) is 1. The number of primary sulfonamides is 1. The van der Waals surface area contributed by atoms with E-state index in [1.165, 1.54) is 18.2 Å². The molecule has 1 aromatic carbocycles. The lowest BCUT2D eigenvalue weighted by atomic mass is 10.2. The summed E-state index contributed by atoms with van der Waals surface area (Å²) in [6.07, 6.45) is 0. The fourth-order valence-electron chi connectivity index (χ4n) is 1.56. The smallest absolute Gasteiger partial charge is 0.306 e. The average molecular weight is 315 g/mol. The summed E-state index contributed by atoms with van der Waals surface area (Å²) < 4.78 is 40.2. The van der Waals surface area contributed by atoms with E-state index in [1.807, 2.05) is 0 Å². The van der Waals surface area contributed by atoms with Gasteiger partial charge in [0, 0.05) is 11.8 Å². The molecule has 1 aromatic heterocycles. The Balaban J connectivity index is 2.12. The molecule has 0 bridgehead atoms. The van der Waals surface area contributed by atoms with Gasteiger partial charge in [-0.3, -0.25) is 10.1 Å². The third-order valence-corrected chi connectivity index (χ3v) is 3.31. The highest BCUT2D eigenvalue weighted by Crippen LogP contribution is 2.22. The maximum atomic E-state index is 13.1. The van der Waals surface area contributed by atoms with Crippen LogP contribution >= 0.6 is 0 Å². The highest BCUT2D eigenvalue weighted by molar-refractivity contribution is 7.89. The minimum absolute atomic E-state index is 0.0539. The standard InChI is InChI=1S/C11H10FN3O5S/c12-9-3-1-7(5-10(9)15(16)17)14-6-8-2-4-11(20-8)21(13,18)19/h1-5,14H,6H2,(H2,13,18,19). The molecule has 0 aliphatic carbocycles. The highest BCUT2D eigenvalue weighted by atomic mass is 32.2. The van der Waals surface area contributed by atoms with Crippen molar-refractivity contribution < 1.29 is 22.1 Å². The number of hydrogen-bond acceptors (Lipinski definition) is 6. The predicted octanol–water partition coefficient (Wildman–Crippen LogP) is 1.59. The summed E-state index contributed by atoms with van der Waals surface area (Å²) in [4.78, 5) is 9.76. The summed E-state index contributed by atoms with van der Waals surface area (Å²) in [6.45, 7) is 0.0539. The lowest BCUT2D eigenvalue weighted by Crippen LogP contribution is -2.10. The third-order valence-electron chi connectivity index (χ3n) is 2.53. The SMILES string of the molecule is NS(=O)(=O)c1ccc(CNc2ccc(F)c([N+](=O)[O-])c2)o1. The van der Waals surface area contributed by atoms with Crippen LogP contribution in [0.1, 0.15) is 5.76 Å². The second kappa shape index (κ2) is 5.50. The molecular formula is C11H10FN3O5S. The van der Waals surface area contributed by atoms with Crippen molar-refractivity contribution >= 4 is 21.4 Å². The van der Waals surface area contributed by atoms with Gasteiger partial charge in [-0.2, -0.15) is 4.39 Å². The van der Waals surface area contributed by atoms with Crippen LogP contribution in [0.2, 0.25) is 0 Å². The molecule has 0 aliphatic heterocycles. The number of rotatable bonds is 5. The molecule has 0 amide bonds. The molecule has 0 atom stereocenters. The Kier molecular flexibility index (Phi) is 3.91. The van der Waals surface area contributed by atoms with Crippen LogP contribution in [0, 0.1) is 15.9 Å². The molecule has 1 heterocycles. The van der Waals surface area contributed by atoms with E-state index in [2.05, 4.69) is 5.32 Å². The summed E-state index contributed by atoms with van der Waals surface area (Å²) in [5.41, 5.74) is -0.374. The van der Waals surface area contributed by atoms with Gasteiger partial charge in [-0.25, -0.2) is 13.6 Å². The van der Waals surface area contributed by atoms with E-state index in [1.54, 1.807) is 0 Å². The summed E-state index contributed by atoms with van der Waals surface area (Å²) in [6, 6.07) is 5.88. The predicted molar refractivity (Wildman–Crippen MR) is 70.5 cm³/mol. The molecule has 0 fully saturated rings. The Morgan fingerprint density at radius 2 is 2.05 bits per heavy atom. The molecular weight excluding hydrogens is 305 g/mol. The normalized spacial score (nSPS) is 11.3. The number of nitrogens with one attached hydrogen (secondary N) is 1. The summed E-state index contributed by atoms with van der Waals surface area (Å²) in [5, 5.41) is 17.9. The molecule has 3 N–H and O–H groups in total. The van der Waals surface area contributed by atoms with Gasteiger partial charge in [-0.1, -0.05) is 0 Å². The van der Waals surface area contributed by atoms with Gasteiger partial charge in [-0.05, 0) is 24.3 Å². The third kappa shape index (κ3) is 3.55. The fraction of sp³-hybridized carbons (Fsp3) is 0.0909. The van der Waals surface area contributed by atoms with E-state index in [0.29, 0.717) is 0 Å². The number of hydrogen-bond donors (Lipinski definition) is 2. The van der Waals surface area contributed by atoms with Crippen molar-refractivity contribution in [3.8, 4) is 0 Å². The van der Waals surface area contributed by atoms with Crippen molar-refractivity contribution in [3.63, 3.8) is 0 Å². The van der Waals surface area contributed by atoms with Crippen LogP contribution in [0.5, 0.6) is 0 Å². The van der Waals surface area contributed by atoms with E-state index < -0.39 is 26.5 Å². The van der Waals surface area contributed by atoms with Crippen molar-refractivity contribution in [1.29, 1.82) is 0 Å². The zero-order valence-corrected chi connectivity index (χ0v) is 11.3. The monoisotopic (exact) mass is 315 g/mol. The molecule has 0 saturated carbocycles. The van der Waals surface area contributed by atoms with Crippen LogP contribution in [-0.2, 0) is 16.6 Å². The quantitative estimate of drug-likeness (QED) is 0.636. The number of sulfonamides is 1. The van der Waals surface area contributed by atoms with E-state index >= 15 is 0 Å². The highest BCUT2D eigenvalue weighted by Gasteiger charge is 2.15. The van der Waals surface area contributed by atoms with Gasteiger partial charge in [0.15, 0.2) is 0 Å². The van der Waals surface area contributed by atoms with Crippen LogP contribution in [0.3, 0.4) is 0 Å². The lowest BCUT2D eigenvalue weighted by molar-refractivity contribution is -0.387. The maximum absolute atomic E-state index is 13.1. The molecule has 0 aliphatic rings. The van der Waals surface area contributed by atoms with Gasteiger partial charge in [0.05, 0.1) is 11.5 Å². The van der Waals surface area contributed by atoms with Crippen molar-refractivity contribution in [2.45, 2.75) is 11.6 Å². The van der Waals surface area contributed by atoms with E-state index in [0.717, 1.165) is 12.1 Å². The Labute approximate surface area is 118 Å². The van der Waals surface area contributed by atoms with Crippen molar-refractivity contribution in [2.75, 3.05) is 5.32 Å². The van der Waals surface area contributed by atoms with Crippen molar-refractivity contribution in [1.82, 2.24) is 0 Å². The van der Waals surface area contributed by atoms with Gasteiger partial charge in [0.1, 0.15) is 5.76 Å². The minimum Gasteiger partial charge on any atom is -0.446 e. The van der Waals surface area contributed by atoms with E-state index in [9.17, 15) is 22.9 Å². The topological polar surface area (TPSA) is 128 Å². The summed E-state index contributed by atoms with van der Waals surface area (Å²) >= 11 is 0. The number of halogens is 1. The first-order valence-corrected chi connectivity index (χ1v) is 7.11. The molecule has 21 heavy (non-hydrogen) atoms. The zero-order valence-electron chi connectivity index (χ0n) is 10.4. The first-order valence-electron chi connectivity index (χ1n) is 5.56. The number of nitrogens with zero attached hydrogens (tertiary/aromatic N) is 1. The molecule has 0 unspecified atom stereocenters. The van der Waals surface area contributed by atoms with Gasteiger partial charge in [-0.15, -0.1) is 0 Å². The number of nitro groups is 1. The Bertz CT molecular complexity index is 787. The van der Waals surface area contributed by atoms with Crippen molar-refractivity contribution in [2.24, 2.45) is 5.14 Å². The fourth-order valence-corrected chi connectivity index (χ4v) is 2.04. The Morgan fingerprint density at radius 3 is 2.62 bits per heavy atom. The summed E-state index contributed by atoms with van der Waals surface area (Å²) in [5.74, 6) is -0.689. The van der Waals surface area contributed by atoms with Crippen LogP contribution in [0.25, 0.3) is 0 Å². The molecule has 8 nitrogen and oxygen atoms in total. The minimum atomic E-state index is -3.92. The number of furan rings is 1. The van der Waals surface area contributed by atoms with Crippen LogP contribution in [-0.4, -0.2) is 13.3 Å². The Hall–Kier alpha value is -2.46. The van der Waals surface area contributed by atoms with Gasteiger partial charge < -0.3 is 9.73 Å². The lowest BCUT2D eigenvalue weighted by Gasteiger charge is -2.04. The average Bonchev–Trinajstić information content (AvgIpc) is 2.86. The van der Waals surface area contributed by atoms with Gasteiger partial charge in [0.25, 0.3) is 10.0 Å². The van der Waals surface area contributed by atoms with Crippen molar-refractivity contribution in [3.05, 3.63) is 52.0 Å². The molecule has 0 radical (unpaired) electrons. The molecule has 112 valence electrons. The largest absolute Gasteiger partial charge is 0.446 e. The van der Waals surface area contributed by atoms with E-state index in [-0.39, 0.29) is 23.1 Å². The van der Waals surface area contributed by atoms with Crippen LogP contribution < -0.4 is 10.5 Å². The zero-order chi connectivity index (χ0) is 15.6. The number of nitro benzene ring substituents is 1. The van der Waals surface area contributed by atoms with Gasteiger partial charge >= 0.3 is 5.69 Å². The molecule has 0 saturated heterocycles. The second-order valence-electron chi connectivity index (χ2n) is 4.04. The van der Waals surface area contributed by atoms with Crippen LogP contribution in [0.15, 0.2) is 39.8 Å². The molecule has 0 spiro atoms. The van der Waals surface area contributed by atoms with E-state index in [4.69, 9.17) is 9.56 Å². The molecule has 2 aromatic rings. The summed E-state index contributed by atoms with van der Waals surface area (Å²) in [7, 11) is -3.92. The number of benzene rings is 1. The number of anilines is 1. The maximum Gasteiger partial charge on any atom is 0.306 e. The Morgan fingerprint density at radius 1 is 1.33 bits per heavy atom. The van der Waals surface area contributed by atoms with Crippen LogP contribution in [0.4, 0.5) is 15.8 Å². The van der Waals surface area contributed by atoms with Gasteiger partial charge in [0.2, 0.25) is 10.9 Å². The first kappa shape index (κ1) is 14.9.